The van der Waals surface area contributed by atoms with E-state index in [0.29, 0.717) is 24.5 Å². The maximum Gasteiger partial charge on any atom is 0.257 e. The van der Waals surface area contributed by atoms with Crippen molar-refractivity contribution in [3.8, 4) is 0 Å². The smallest absolute Gasteiger partial charge is 0.257 e. The first-order valence-corrected chi connectivity index (χ1v) is 8.39. The van der Waals surface area contributed by atoms with E-state index in [-0.39, 0.29) is 5.91 Å². The highest BCUT2D eigenvalue weighted by molar-refractivity contribution is 9.10. The predicted octanol–water partition coefficient (Wildman–Crippen LogP) is 4.26. The van der Waals surface area contributed by atoms with Gasteiger partial charge in [-0.3, -0.25) is 4.79 Å². The number of amides is 1. The Labute approximate surface area is 141 Å². The van der Waals surface area contributed by atoms with Crippen LogP contribution in [0.4, 0.5) is 5.82 Å². The first-order chi connectivity index (χ1) is 10.0. The number of carbonyl (C=O) groups excluding carboxylic acids is 1. The van der Waals surface area contributed by atoms with Gasteiger partial charge in [-0.2, -0.15) is 0 Å². The molecule has 2 aromatic heterocycles. The highest BCUT2D eigenvalue weighted by Crippen LogP contribution is 2.24. The van der Waals surface area contributed by atoms with Gasteiger partial charge in [-0.05, 0) is 41.1 Å². The van der Waals surface area contributed by atoms with E-state index in [0.717, 1.165) is 13.7 Å². The van der Waals surface area contributed by atoms with Gasteiger partial charge in [0.25, 0.3) is 5.91 Å². The Morgan fingerprint density at radius 3 is 2.90 bits per heavy atom. The lowest BCUT2D eigenvalue weighted by molar-refractivity contribution is 0.0787. The highest BCUT2D eigenvalue weighted by atomic mass is 79.9. The lowest BCUT2D eigenvalue weighted by Crippen LogP contribution is -2.27. The number of carbonyl (C=O) groups is 1. The van der Waals surface area contributed by atoms with Crippen molar-refractivity contribution in [3.63, 3.8) is 0 Å². The van der Waals surface area contributed by atoms with Crippen LogP contribution in [0.5, 0.6) is 0 Å². The fourth-order valence-electron chi connectivity index (χ4n) is 1.86. The summed E-state index contributed by atoms with van der Waals surface area (Å²) in [6.45, 7) is 3.20. The van der Waals surface area contributed by atoms with E-state index in [1.807, 2.05) is 19.1 Å². The molecule has 0 aliphatic carbocycles. The molecule has 112 valence electrons. The van der Waals surface area contributed by atoms with Crippen molar-refractivity contribution >= 4 is 50.6 Å². The molecular weight excluding hydrogens is 374 g/mol. The number of anilines is 1. The van der Waals surface area contributed by atoms with Crippen LogP contribution in [-0.4, -0.2) is 29.4 Å². The number of aromatic nitrogens is 1. The van der Waals surface area contributed by atoms with Gasteiger partial charge in [-0.1, -0.05) is 11.6 Å². The van der Waals surface area contributed by atoms with Gasteiger partial charge >= 0.3 is 0 Å². The first kappa shape index (κ1) is 16.3. The SMILES string of the molecule is CCNc1ncc(Br)cc1C(=O)N(C)Cc1ccc(Cl)s1. The van der Waals surface area contributed by atoms with Gasteiger partial charge in [0.2, 0.25) is 0 Å². The van der Waals surface area contributed by atoms with Crippen molar-refractivity contribution < 1.29 is 4.79 Å². The summed E-state index contributed by atoms with van der Waals surface area (Å²) in [5.41, 5.74) is 0.552. The van der Waals surface area contributed by atoms with Crippen molar-refractivity contribution in [1.82, 2.24) is 9.88 Å². The molecule has 0 unspecified atom stereocenters. The number of hydrogen-bond donors (Lipinski definition) is 1. The fourth-order valence-corrected chi connectivity index (χ4v) is 3.33. The van der Waals surface area contributed by atoms with E-state index >= 15 is 0 Å². The third-order valence-corrected chi connectivity index (χ3v) is 4.45. The lowest BCUT2D eigenvalue weighted by atomic mass is 10.2. The van der Waals surface area contributed by atoms with E-state index in [1.165, 1.54) is 11.3 Å². The summed E-state index contributed by atoms with van der Waals surface area (Å²) in [4.78, 5) is 19.6. The number of nitrogens with zero attached hydrogens (tertiary/aromatic N) is 2. The Balaban J connectivity index is 2.20. The molecule has 0 fully saturated rings. The number of rotatable bonds is 5. The zero-order valence-electron chi connectivity index (χ0n) is 11.7. The summed E-state index contributed by atoms with van der Waals surface area (Å²) < 4.78 is 1.50. The summed E-state index contributed by atoms with van der Waals surface area (Å²) in [5, 5.41) is 3.11. The van der Waals surface area contributed by atoms with Crippen LogP contribution in [0.1, 0.15) is 22.2 Å². The van der Waals surface area contributed by atoms with Gasteiger partial charge in [0.05, 0.1) is 16.4 Å². The molecule has 7 heteroatoms. The molecule has 2 rings (SSSR count). The van der Waals surface area contributed by atoms with Crippen molar-refractivity contribution in [1.29, 1.82) is 0 Å². The Bertz CT molecular complexity index is 647. The topological polar surface area (TPSA) is 45.2 Å². The number of halogens is 2. The van der Waals surface area contributed by atoms with Gasteiger partial charge in [0.1, 0.15) is 5.82 Å². The maximum absolute atomic E-state index is 12.6. The number of pyridine rings is 1. The quantitative estimate of drug-likeness (QED) is 0.832. The molecule has 0 saturated heterocycles. The Morgan fingerprint density at radius 1 is 1.52 bits per heavy atom. The van der Waals surface area contributed by atoms with Crippen LogP contribution in [0.25, 0.3) is 0 Å². The molecule has 0 aromatic carbocycles. The normalized spacial score (nSPS) is 10.5. The maximum atomic E-state index is 12.6. The average Bonchev–Trinajstić information content (AvgIpc) is 2.85. The second-order valence-electron chi connectivity index (χ2n) is 4.45. The fraction of sp³-hybridized carbons (Fsp3) is 0.286. The van der Waals surface area contributed by atoms with Crippen LogP contribution in [0.15, 0.2) is 28.9 Å². The minimum absolute atomic E-state index is 0.0794. The van der Waals surface area contributed by atoms with Crippen molar-refractivity contribution in [2.24, 2.45) is 0 Å². The molecule has 0 aliphatic heterocycles. The number of nitrogens with one attached hydrogen (secondary N) is 1. The van der Waals surface area contributed by atoms with Crippen LogP contribution >= 0.6 is 38.9 Å². The van der Waals surface area contributed by atoms with Gasteiger partial charge in [-0.25, -0.2) is 4.98 Å². The molecule has 4 nitrogen and oxygen atoms in total. The molecule has 0 radical (unpaired) electrons. The molecule has 0 bridgehead atoms. The third-order valence-electron chi connectivity index (χ3n) is 2.80. The van der Waals surface area contributed by atoms with Gasteiger partial charge in [0.15, 0.2) is 0 Å². The summed E-state index contributed by atoms with van der Waals surface area (Å²) in [5.74, 6) is 0.519. The van der Waals surface area contributed by atoms with Gasteiger partial charge < -0.3 is 10.2 Å². The number of thiophene rings is 1. The van der Waals surface area contributed by atoms with Gasteiger partial charge in [-0.15, -0.1) is 11.3 Å². The van der Waals surface area contributed by atoms with Crippen LogP contribution in [0, 0.1) is 0 Å². The minimum Gasteiger partial charge on any atom is -0.370 e. The summed E-state index contributed by atoms with van der Waals surface area (Å²) >= 11 is 10.8. The largest absolute Gasteiger partial charge is 0.370 e. The molecule has 0 aliphatic rings. The lowest BCUT2D eigenvalue weighted by Gasteiger charge is -2.18. The molecule has 0 spiro atoms. The zero-order chi connectivity index (χ0) is 15.4. The summed E-state index contributed by atoms with van der Waals surface area (Å²) in [7, 11) is 1.77. The van der Waals surface area contributed by atoms with Crippen LogP contribution < -0.4 is 5.32 Å². The van der Waals surface area contributed by atoms with E-state index in [9.17, 15) is 4.79 Å². The molecule has 0 saturated carbocycles. The van der Waals surface area contributed by atoms with Gasteiger partial charge in [0, 0.05) is 29.1 Å². The average molecular weight is 389 g/mol. The van der Waals surface area contributed by atoms with E-state index < -0.39 is 0 Å². The predicted molar refractivity (Wildman–Crippen MR) is 91.2 cm³/mol. The standard InChI is InChI=1S/C14H15BrClN3OS/c1-3-17-13-11(6-9(15)7-18-13)14(20)19(2)8-10-4-5-12(16)21-10/h4-7H,3,8H2,1-2H3,(H,17,18). The van der Waals surface area contributed by atoms with E-state index in [4.69, 9.17) is 11.6 Å². The monoisotopic (exact) mass is 387 g/mol. The third kappa shape index (κ3) is 4.18. The molecule has 0 atom stereocenters. The molecule has 21 heavy (non-hydrogen) atoms. The molecule has 1 N–H and O–H groups in total. The zero-order valence-corrected chi connectivity index (χ0v) is 14.8. The van der Waals surface area contributed by atoms with Crippen LogP contribution in [0.3, 0.4) is 0 Å². The molecular formula is C14H15BrClN3OS. The van der Waals surface area contributed by atoms with Crippen molar-refractivity contribution in [2.45, 2.75) is 13.5 Å². The van der Waals surface area contributed by atoms with Crippen molar-refractivity contribution in [2.75, 3.05) is 18.9 Å². The highest BCUT2D eigenvalue weighted by Gasteiger charge is 2.18. The molecule has 2 heterocycles. The second kappa shape index (κ2) is 7.24. The first-order valence-electron chi connectivity index (χ1n) is 6.40. The molecule has 1 amide bonds. The molecule has 2 aromatic rings. The number of hydrogen-bond acceptors (Lipinski definition) is 4. The van der Waals surface area contributed by atoms with Crippen LogP contribution in [-0.2, 0) is 6.54 Å². The summed E-state index contributed by atoms with van der Waals surface area (Å²) in [6.07, 6.45) is 1.67. The van der Waals surface area contributed by atoms with E-state index in [1.54, 1.807) is 24.2 Å². The van der Waals surface area contributed by atoms with E-state index in [2.05, 4.69) is 26.2 Å². The summed E-state index contributed by atoms with van der Waals surface area (Å²) in [6, 6.07) is 5.55. The minimum atomic E-state index is -0.0794. The Morgan fingerprint density at radius 2 is 2.29 bits per heavy atom. The Hall–Kier alpha value is -1.11. The second-order valence-corrected chi connectivity index (χ2v) is 7.16. The van der Waals surface area contributed by atoms with Crippen molar-refractivity contribution in [3.05, 3.63) is 43.6 Å². The Kier molecular flexibility index (Phi) is 5.61. The van der Waals surface area contributed by atoms with Crippen LogP contribution in [0.2, 0.25) is 4.34 Å².